The largest absolute Gasteiger partial charge is 0.472 e. The third kappa shape index (κ3) is 4.13. The van der Waals surface area contributed by atoms with Crippen molar-refractivity contribution < 1.29 is 17.9 Å². The number of pyridine rings is 1. The van der Waals surface area contributed by atoms with E-state index in [9.17, 15) is 13.2 Å². The molecule has 9 nitrogen and oxygen atoms in total. The summed E-state index contributed by atoms with van der Waals surface area (Å²) in [5.41, 5.74) is 0.431. The van der Waals surface area contributed by atoms with Gasteiger partial charge in [0.05, 0.1) is 12.9 Å². The maximum absolute atomic E-state index is 12.9. The normalized spacial score (nSPS) is 20.7. The molecule has 0 saturated carbocycles. The maximum Gasteiger partial charge on any atom is 0.262 e. The van der Waals surface area contributed by atoms with Crippen LogP contribution in [0.3, 0.4) is 0 Å². The molecule has 0 N–H and O–H groups in total. The Hall–Kier alpha value is -2.46. The lowest BCUT2D eigenvalue weighted by molar-refractivity contribution is 0.0715. The van der Waals surface area contributed by atoms with E-state index in [-0.39, 0.29) is 29.5 Å². The molecule has 2 aromatic heterocycles. The topological polar surface area (TPSA) is 97.6 Å². The van der Waals surface area contributed by atoms with E-state index in [2.05, 4.69) is 9.97 Å². The number of nitrogens with zero attached hydrogens (tertiary/aromatic N) is 5. The zero-order valence-corrected chi connectivity index (χ0v) is 17.2. The van der Waals surface area contributed by atoms with Gasteiger partial charge in [-0.3, -0.25) is 4.79 Å². The number of rotatable bonds is 5. The van der Waals surface area contributed by atoms with Crippen molar-refractivity contribution in [3.05, 3.63) is 36.4 Å². The zero-order chi connectivity index (χ0) is 20.4. The molecule has 4 rings (SSSR count). The van der Waals surface area contributed by atoms with Gasteiger partial charge >= 0.3 is 0 Å². The van der Waals surface area contributed by atoms with E-state index in [4.69, 9.17) is 4.74 Å². The molecule has 1 amide bonds. The van der Waals surface area contributed by atoms with E-state index in [0.717, 1.165) is 32.4 Å². The average Bonchev–Trinajstić information content (AvgIpc) is 3.38. The SMILES string of the molecule is Cn1cnc(S(=O)(=O)N2CCC(Oc3ncccc3C(=O)N3CCCCC3)C2)c1. The molecule has 0 spiro atoms. The van der Waals surface area contributed by atoms with Crippen LogP contribution in [0.4, 0.5) is 0 Å². The molecular formula is C19H25N5O4S. The number of sulfonamides is 1. The number of aryl methyl sites for hydroxylation is 1. The highest BCUT2D eigenvalue weighted by atomic mass is 32.2. The van der Waals surface area contributed by atoms with Gasteiger partial charge in [0.25, 0.3) is 15.9 Å². The number of aromatic nitrogens is 3. The molecule has 1 unspecified atom stereocenters. The fraction of sp³-hybridized carbons (Fsp3) is 0.526. The summed E-state index contributed by atoms with van der Waals surface area (Å²) in [5.74, 6) is 0.189. The number of imidazole rings is 1. The van der Waals surface area contributed by atoms with E-state index in [1.165, 1.54) is 16.8 Å². The first-order chi connectivity index (χ1) is 13.9. The van der Waals surface area contributed by atoms with Crippen molar-refractivity contribution >= 4 is 15.9 Å². The monoisotopic (exact) mass is 419 g/mol. The van der Waals surface area contributed by atoms with Crippen molar-refractivity contribution in [2.75, 3.05) is 26.2 Å². The van der Waals surface area contributed by atoms with Gasteiger partial charge in [0, 0.05) is 39.1 Å². The minimum atomic E-state index is -3.66. The van der Waals surface area contributed by atoms with E-state index in [1.807, 2.05) is 4.90 Å². The van der Waals surface area contributed by atoms with Gasteiger partial charge in [0.2, 0.25) is 5.88 Å². The first kappa shape index (κ1) is 19.8. The number of amides is 1. The van der Waals surface area contributed by atoms with Crippen molar-refractivity contribution in [2.24, 2.45) is 7.05 Å². The number of ether oxygens (including phenoxy) is 1. The van der Waals surface area contributed by atoms with Gasteiger partial charge in [-0.05, 0) is 37.8 Å². The Morgan fingerprint density at radius 3 is 2.69 bits per heavy atom. The van der Waals surface area contributed by atoms with E-state index in [0.29, 0.717) is 18.5 Å². The molecule has 4 heterocycles. The summed E-state index contributed by atoms with van der Waals surface area (Å²) in [7, 11) is -1.93. The summed E-state index contributed by atoms with van der Waals surface area (Å²) < 4.78 is 34.5. The first-order valence-corrected chi connectivity index (χ1v) is 11.3. The molecule has 10 heteroatoms. The molecule has 2 fully saturated rings. The molecule has 2 saturated heterocycles. The van der Waals surface area contributed by atoms with Crippen LogP contribution in [0.1, 0.15) is 36.0 Å². The molecule has 0 radical (unpaired) electrons. The summed E-state index contributed by atoms with van der Waals surface area (Å²) in [6.45, 7) is 2.03. The standard InChI is InChI=1S/C19H25N5O4S/c1-22-13-17(21-14-22)29(26,27)24-11-7-15(12-24)28-18-16(6-5-8-20-18)19(25)23-9-3-2-4-10-23/h5-6,8,13-15H,2-4,7,9-12H2,1H3. The Bertz CT molecular complexity index is 984. The number of carbonyl (C=O) groups excluding carboxylic acids is 1. The number of hydrogen-bond donors (Lipinski definition) is 0. The van der Waals surface area contributed by atoms with Crippen LogP contribution in [0.25, 0.3) is 0 Å². The first-order valence-electron chi connectivity index (χ1n) is 9.84. The fourth-order valence-electron chi connectivity index (χ4n) is 3.74. The third-order valence-corrected chi connectivity index (χ3v) is 7.07. The molecule has 2 aliphatic rings. The maximum atomic E-state index is 12.9. The molecule has 2 aromatic rings. The lowest BCUT2D eigenvalue weighted by Gasteiger charge is -2.27. The number of hydrogen-bond acceptors (Lipinski definition) is 6. The Balaban J connectivity index is 1.46. The number of likely N-dealkylation sites (tertiary alicyclic amines) is 1. The van der Waals surface area contributed by atoms with Crippen molar-refractivity contribution in [2.45, 2.75) is 36.8 Å². The summed E-state index contributed by atoms with van der Waals surface area (Å²) in [6.07, 6.45) is 7.84. The molecule has 2 aliphatic heterocycles. The van der Waals surface area contributed by atoms with E-state index in [1.54, 1.807) is 29.9 Å². The average molecular weight is 420 g/mol. The minimum absolute atomic E-state index is 0.0273. The lowest BCUT2D eigenvalue weighted by atomic mass is 10.1. The van der Waals surface area contributed by atoms with Gasteiger partial charge < -0.3 is 14.2 Å². The van der Waals surface area contributed by atoms with Crippen molar-refractivity contribution in [1.29, 1.82) is 0 Å². The summed E-state index contributed by atoms with van der Waals surface area (Å²) >= 11 is 0. The number of piperidine rings is 1. The van der Waals surface area contributed by atoms with Crippen LogP contribution in [0.5, 0.6) is 5.88 Å². The highest BCUT2D eigenvalue weighted by Gasteiger charge is 2.35. The van der Waals surface area contributed by atoms with Gasteiger partial charge in [-0.1, -0.05) is 0 Å². The zero-order valence-electron chi connectivity index (χ0n) is 16.4. The van der Waals surface area contributed by atoms with Gasteiger partial charge in [-0.25, -0.2) is 18.4 Å². The van der Waals surface area contributed by atoms with E-state index >= 15 is 0 Å². The van der Waals surface area contributed by atoms with Crippen molar-refractivity contribution in [3.8, 4) is 5.88 Å². The van der Waals surface area contributed by atoms with Gasteiger partial charge in [0.15, 0.2) is 5.03 Å². The Morgan fingerprint density at radius 1 is 1.17 bits per heavy atom. The van der Waals surface area contributed by atoms with Crippen LogP contribution in [0, 0.1) is 0 Å². The second kappa shape index (κ2) is 8.11. The van der Waals surface area contributed by atoms with Crippen LogP contribution >= 0.6 is 0 Å². The molecule has 0 aliphatic carbocycles. The second-order valence-corrected chi connectivity index (χ2v) is 9.36. The lowest BCUT2D eigenvalue weighted by Crippen LogP contribution is -2.36. The Labute approximate surface area is 170 Å². The summed E-state index contributed by atoms with van der Waals surface area (Å²) in [4.78, 5) is 22.9. The van der Waals surface area contributed by atoms with Crippen LogP contribution in [0.2, 0.25) is 0 Å². The minimum Gasteiger partial charge on any atom is -0.472 e. The van der Waals surface area contributed by atoms with Gasteiger partial charge in [0.1, 0.15) is 11.7 Å². The van der Waals surface area contributed by atoms with Gasteiger partial charge in [-0.2, -0.15) is 4.31 Å². The quantitative estimate of drug-likeness (QED) is 0.724. The molecule has 1 atom stereocenters. The predicted octanol–water partition coefficient (Wildman–Crippen LogP) is 1.28. The van der Waals surface area contributed by atoms with Crippen LogP contribution in [-0.2, 0) is 17.1 Å². The number of carbonyl (C=O) groups is 1. The van der Waals surface area contributed by atoms with Gasteiger partial charge in [-0.15, -0.1) is 0 Å². The van der Waals surface area contributed by atoms with E-state index < -0.39 is 10.0 Å². The van der Waals surface area contributed by atoms with Crippen molar-refractivity contribution in [1.82, 2.24) is 23.7 Å². The Morgan fingerprint density at radius 2 is 1.97 bits per heavy atom. The van der Waals surface area contributed by atoms with Crippen LogP contribution in [0.15, 0.2) is 35.9 Å². The highest BCUT2D eigenvalue weighted by molar-refractivity contribution is 7.89. The molecular weight excluding hydrogens is 394 g/mol. The molecule has 0 aromatic carbocycles. The van der Waals surface area contributed by atoms with Crippen molar-refractivity contribution in [3.63, 3.8) is 0 Å². The van der Waals surface area contributed by atoms with Crippen LogP contribution in [-0.4, -0.2) is 70.3 Å². The molecule has 0 bridgehead atoms. The fourth-order valence-corrected chi connectivity index (χ4v) is 5.19. The molecule has 29 heavy (non-hydrogen) atoms. The summed E-state index contributed by atoms with van der Waals surface area (Å²) in [6, 6.07) is 3.44. The highest BCUT2D eigenvalue weighted by Crippen LogP contribution is 2.25. The summed E-state index contributed by atoms with van der Waals surface area (Å²) in [5, 5.41) is 0.0273. The predicted molar refractivity (Wildman–Crippen MR) is 105 cm³/mol. The smallest absolute Gasteiger partial charge is 0.262 e. The second-order valence-electron chi connectivity index (χ2n) is 7.48. The third-order valence-electron chi connectivity index (χ3n) is 5.32. The Kier molecular flexibility index (Phi) is 5.55. The van der Waals surface area contributed by atoms with Crippen LogP contribution < -0.4 is 4.74 Å². The molecule has 156 valence electrons.